The second-order valence-corrected chi connectivity index (χ2v) is 3.81. The zero-order valence-electron chi connectivity index (χ0n) is 10.1. The van der Waals surface area contributed by atoms with Crippen molar-refractivity contribution in [1.82, 2.24) is 9.78 Å². The lowest BCUT2D eigenvalue weighted by atomic mass is 10.2. The summed E-state index contributed by atoms with van der Waals surface area (Å²) in [5, 5.41) is 4.22. The van der Waals surface area contributed by atoms with Gasteiger partial charge in [-0.25, -0.2) is 4.68 Å². The molecule has 4 heteroatoms. The Morgan fingerprint density at radius 1 is 1.41 bits per heavy atom. The van der Waals surface area contributed by atoms with Crippen molar-refractivity contribution in [2.75, 3.05) is 7.11 Å². The molecule has 2 rings (SSSR count). The summed E-state index contributed by atoms with van der Waals surface area (Å²) in [7, 11) is 1.62. The van der Waals surface area contributed by atoms with E-state index in [9.17, 15) is 4.79 Å². The van der Waals surface area contributed by atoms with Gasteiger partial charge in [-0.1, -0.05) is 6.07 Å². The lowest BCUT2D eigenvalue weighted by Crippen LogP contribution is -2.01. The highest BCUT2D eigenvalue weighted by Crippen LogP contribution is 2.19. The predicted octanol–water partition coefficient (Wildman–Crippen LogP) is 2.39. The fourth-order valence-corrected chi connectivity index (χ4v) is 1.76. The van der Waals surface area contributed by atoms with Crippen LogP contribution in [0.2, 0.25) is 0 Å². The number of rotatable bonds is 3. The summed E-state index contributed by atoms with van der Waals surface area (Å²) in [4.78, 5) is 11.4. The van der Waals surface area contributed by atoms with Crippen molar-refractivity contribution in [3.05, 3.63) is 41.7 Å². The molecule has 1 aromatic carbocycles. The van der Waals surface area contributed by atoms with E-state index in [2.05, 4.69) is 5.10 Å². The molecule has 88 valence electrons. The average Bonchev–Trinajstić information content (AvgIpc) is 2.71. The first-order valence-electron chi connectivity index (χ1n) is 5.33. The second-order valence-electron chi connectivity index (χ2n) is 3.81. The van der Waals surface area contributed by atoms with Crippen molar-refractivity contribution in [3.63, 3.8) is 0 Å². The summed E-state index contributed by atoms with van der Waals surface area (Å²) in [6, 6.07) is 7.56. The molecule has 0 amide bonds. The SMILES string of the molecule is COc1cccc(-n2ncc(C(C)=O)c2C)c1. The Kier molecular flexibility index (Phi) is 2.95. The largest absolute Gasteiger partial charge is 0.497 e. The van der Waals surface area contributed by atoms with Crippen LogP contribution in [0.3, 0.4) is 0 Å². The molecule has 0 atom stereocenters. The first-order valence-corrected chi connectivity index (χ1v) is 5.33. The van der Waals surface area contributed by atoms with Gasteiger partial charge >= 0.3 is 0 Å². The molecule has 0 spiro atoms. The summed E-state index contributed by atoms with van der Waals surface area (Å²) >= 11 is 0. The number of methoxy groups -OCH3 is 1. The number of carbonyl (C=O) groups excluding carboxylic acids is 1. The molecular weight excluding hydrogens is 216 g/mol. The van der Waals surface area contributed by atoms with Crippen LogP contribution in [-0.4, -0.2) is 22.7 Å². The van der Waals surface area contributed by atoms with Gasteiger partial charge < -0.3 is 4.74 Å². The van der Waals surface area contributed by atoms with Crippen molar-refractivity contribution in [2.45, 2.75) is 13.8 Å². The number of hydrogen-bond donors (Lipinski definition) is 0. The van der Waals surface area contributed by atoms with E-state index in [4.69, 9.17) is 4.74 Å². The van der Waals surface area contributed by atoms with E-state index in [0.29, 0.717) is 5.56 Å². The molecule has 0 fully saturated rings. The van der Waals surface area contributed by atoms with Gasteiger partial charge in [-0.05, 0) is 26.0 Å². The standard InChI is InChI=1S/C13H14N2O2/c1-9-13(10(2)16)8-14-15(9)11-5-4-6-12(7-11)17-3/h4-8H,1-3H3. The number of hydrogen-bond acceptors (Lipinski definition) is 3. The summed E-state index contributed by atoms with van der Waals surface area (Å²) in [5.74, 6) is 0.790. The molecule has 2 aromatic rings. The minimum absolute atomic E-state index is 0.0247. The van der Waals surface area contributed by atoms with E-state index in [1.54, 1.807) is 24.9 Å². The van der Waals surface area contributed by atoms with Gasteiger partial charge in [0.15, 0.2) is 5.78 Å². The Balaban J connectivity index is 2.49. The number of carbonyl (C=O) groups is 1. The van der Waals surface area contributed by atoms with Crippen LogP contribution in [0.15, 0.2) is 30.5 Å². The summed E-state index contributed by atoms with van der Waals surface area (Å²) in [6.45, 7) is 3.42. The molecule has 4 nitrogen and oxygen atoms in total. The summed E-state index contributed by atoms with van der Waals surface area (Å²) in [5.41, 5.74) is 2.37. The Labute approximate surface area is 99.8 Å². The fourth-order valence-electron chi connectivity index (χ4n) is 1.76. The van der Waals surface area contributed by atoms with Gasteiger partial charge in [0.2, 0.25) is 0 Å². The van der Waals surface area contributed by atoms with Crippen molar-refractivity contribution >= 4 is 5.78 Å². The van der Waals surface area contributed by atoms with Crippen LogP contribution in [0.1, 0.15) is 23.0 Å². The van der Waals surface area contributed by atoms with Gasteiger partial charge in [0.1, 0.15) is 5.75 Å². The minimum atomic E-state index is 0.0247. The van der Waals surface area contributed by atoms with E-state index < -0.39 is 0 Å². The average molecular weight is 230 g/mol. The molecule has 0 aliphatic carbocycles. The highest BCUT2D eigenvalue weighted by molar-refractivity contribution is 5.95. The third kappa shape index (κ3) is 2.06. The topological polar surface area (TPSA) is 44.1 Å². The van der Waals surface area contributed by atoms with E-state index in [0.717, 1.165) is 17.1 Å². The van der Waals surface area contributed by atoms with E-state index >= 15 is 0 Å². The molecule has 0 unspecified atom stereocenters. The maximum absolute atomic E-state index is 11.4. The normalized spacial score (nSPS) is 10.3. The summed E-state index contributed by atoms with van der Waals surface area (Å²) in [6.07, 6.45) is 1.59. The first-order chi connectivity index (χ1) is 8.13. The van der Waals surface area contributed by atoms with Gasteiger partial charge in [-0.3, -0.25) is 4.79 Å². The molecule has 0 N–H and O–H groups in total. The van der Waals surface area contributed by atoms with E-state index in [-0.39, 0.29) is 5.78 Å². The number of nitrogens with zero attached hydrogens (tertiary/aromatic N) is 2. The summed E-state index contributed by atoms with van der Waals surface area (Å²) < 4.78 is 6.90. The van der Waals surface area contributed by atoms with Crippen molar-refractivity contribution in [1.29, 1.82) is 0 Å². The van der Waals surface area contributed by atoms with Crippen LogP contribution in [0, 0.1) is 6.92 Å². The lowest BCUT2D eigenvalue weighted by Gasteiger charge is -2.06. The molecule has 1 heterocycles. The maximum atomic E-state index is 11.4. The molecule has 0 saturated carbocycles. The molecule has 0 saturated heterocycles. The van der Waals surface area contributed by atoms with Crippen LogP contribution in [0.5, 0.6) is 5.75 Å². The van der Waals surface area contributed by atoms with Gasteiger partial charge in [-0.2, -0.15) is 5.10 Å². The Morgan fingerprint density at radius 2 is 2.18 bits per heavy atom. The van der Waals surface area contributed by atoms with E-state index in [1.807, 2.05) is 31.2 Å². The van der Waals surface area contributed by atoms with Crippen LogP contribution < -0.4 is 4.74 Å². The Bertz CT molecular complexity index is 558. The number of benzene rings is 1. The fraction of sp³-hybridized carbons (Fsp3) is 0.231. The van der Waals surface area contributed by atoms with Crippen LogP contribution in [0.25, 0.3) is 5.69 Å². The predicted molar refractivity (Wildman–Crippen MR) is 64.9 cm³/mol. The van der Waals surface area contributed by atoms with Gasteiger partial charge in [-0.15, -0.1) is 0 Å². The van der Waals surface area contributed by atoms with Gasteiger partial charge in [0.05, 0.1) is 30.3 Å². The second kappa shape index (κ2) is 4.41. The van der Waals surface area contributed by atoms with Gasteiger partial charge in [0, 0.05) is 6.07 Å². The van der Waals surface area contributed by atoms with Crippen molar-refractivity contribution in [3.8, 4) is 11.4 Å². The molecule has 1 aromatic heterocycles. The highest BCUT2D eigenvalue weighted by atomic mass is 16.5. The molecule has 0 aliphatic rings. The molecule has 0 bridgehead atoms. The number of ether oxygens (including phenoxy) is 1. The molecule has 0 radical (unpaired) electrons. The maximum Gasteiger partial charge on any atom is 0.163 e. The number of aromatic nitrogens is 2. The van der Waals surface area contributed by atoms with Crippen LogP contribution in [-0.2, 0) is 0 Å². The van der Waals surface area contributed by atoms with Crippen LogP contribution >= 0.6 is 0 Å². The number of Topliss-reactive ketones (excluding diaryl/α,β-unsaturated/α-hetero) is 1. The molecule has 0 aliphatic heterocycles. The first kappa shape index (κ1) is 11.4. The minimum Gasteiger partial charge on any atom is -0.497 e. The Hall–Kier alpha value is -2.10. The quantitative estimate of drug-likeness (QED) is 0.760. The monoisotopic (exact) mass is 230 g/mol. The third-order valence-electron chi connectivity index (χ3n) is 2.69. The zero-order valence-corrected chi connectivity index (χ0v) is 10.1. The molecular formula is C13H14N2O2. The number of ketones is 1. The smallest absolute Gasteiger partial charge is 0.163 e. The lowest BCUT2D eigenvalue weighted by molar-refractivity contribution is 0.101. The third-order valence-corrected chi connectivity index (χ3v) is 2.69. The van der Waals surface area contributed by atoms with E-state index in [1.165, 1.54) is 0 Å². The van der Waals surface area contributed by atoms with Crippen LogP contribution in [0.4, 0.5) is 0 Å². The molecule has 17 heavy (non-hydrogen) atoms. The van der Waals surface area contributed by atoms with Gasteiger partial charge in [0.25, 0.3) is 0 Å². The highest BCUT2D eigenvalue weighted by Gasteiger charge is 2.11. The van der Waals surface area contributed by atoms with Crippen molar-refractivity contribution in [2.24, 2.45) is 0 Å². The Morgan fingerprint density at radius 3 is 2.76 bits per heavy atom. The van der Waals surface area contributed by atoms with Crippen molar-refractivity contribution < 1.29 is 9.53 Å². The zero-order chi connectivity index (χ0) is 12.4.